The molecule has 0 spiro atoms. The fourth-order valence-electron chi connectivity index (χ4n) is 3.11. The molecule has 1 aromatic heterocycles. The molecule has 8 nitrogen and oxygen atoms in total. The number of hydrogen-bond donors (Lipinski definition) is 0. The molecule has 1 saturated heterocycles. The Labute approximate surface area is 185 Å². The minimum atomic E-state index is -3.77. The van der Waals surface area contributed by atoms with E-state index in [1.54, 1.807) is 24.3 Å². The third-order valence-electron chi connectivity index (χ3n) is 4.79. The zero-order chi connectivity index (χ0) is 22.1. The lowest BCUT2D eigenvalue weighted by atomic mass is 10.1. The van der Waals surface area contributed by atoms with E-state index in [0.717, 1.165) is 6.20 Å². The number of carbonyl (C=O) groups excluding carboxylic acids is 1. The summed E-state index contributed by atoms with van der Waals surface area (Å²) < 4.78 is 48.3. The van der Waals surface area contributed by atoms with E-state index in [1.165, 1.54) is 11.8 Å². The summed E-state index contributed by atoms with van der Waals surface area (Å²) in [7, 11) is -7.06. The second kappa shape index (κ2) is 8.78. The summed E-state index contributed by atoms with van der Waals surface area (Å²) >= 11 is 12.3. The van der Waals surface area contributed by atoms with E-state index in [9.17, 15) is 21.6 Å². The first-order chi connectivity index (χ1) is 14.0. The Morgan fingerprint density at radius 2 is 1.93 bits per heavy atom. The monoisotopic (exact) mass is 491 g/mol. The van der Waals surface area contributed by atoms with Crippen molar-refractivity contribution in [3.05, 3.63) is 51.8 Å². The van der Waals surface area contributed by atoms with Crippen molar-refractivity contribution >= 4 is 48.8 Å². The van der Waals surface area contributed by atoms with Gasteiger partial charge in [0.15, 0.2) is 15.5 Å². The molecular weight excluding hydrogens is 473 g/mol. The van der Waals surface area contributed by atoms with Crippen LogP contribution in [0.2, 0.25) is 10.0 Å². The number of nitrogens with zero attached hydrogens (tertiary/aromatic N) is 3. The Balaban J connectivity index is 2.04. The zero-order valence-corrected chi connectivity index (χ0v) is 19.1. The third-order valence-corrected chi connectivity index (χ3v) is 8.70. The van der Waals surface area contributed by atoms with Gasteiger partial charge in [-0.3, -0.25) is 4.79 Å². The number of carbonyl (C=O) groups is 1. The molecule has 30 heavy (non-hydrogen) atoms. The summed E-state index contributed by atoms with van der Waals surface area (Å²) in [5.74, 6) is -1.17. The van der Waals surface area contributed by atoms with E-state index < -0.39 is 36.8 Å². The van der Waals surface area contributed by atoms with Gasteiger partial charge in [0.1, 0.15) is 0 Å². The van der Waals surface area contributed by atoms with Gasteiger partial charge >= 0.3 is 0 Å². The lowest BCUT2D eigenvalue weighted by Gasteiger charge is -2.28. The van der Waals surface area contributed by atoms with Crippen LogP contribution in [0.25, 0.3) is 0 Å². The Morgan fingerprint density at radius 1 is 1.23 bits per heavy atom. The zero-order valence-electron chi connectivity index (χ0n) is 16.0. The molecule has 1 amide bonds. The minimum Gasteiger partial charge on any atom is -0.329 e. The number of sulfone groups is 2. The van der Waals surface area contributed by atoms with Crippen molar-refractivity contribution in [2.24, 2.45) is 0 Å². The quantitative estimate of drug-likeness (QED) is 0.569. The summed E-state index contributed by atoms with van der Waals surface area (Å²) in [5.41, 5.74) is 0.318. The molecule has 1 aromatic carbocycles. The van der Waals surface area contributed by atoms with E-state index in [0.29, 0.717) is 10.6 Å². The van der Waals surface area contributed by atoms with Crippen LogP contribution in [-0.2, 0) is 26.2 Å². The van der Waals surface area contributed by atoms with Gasteiger partial charge < -0.3 is 4.90 Å². The van der Waals surface area contributed by atoms with E-state index in [4.69, 9.17) is 23.2 Å². The lowest BCUT2D eigenvalue weighted by molar-refractivity contribution is 0.0674. The SMILES string of the molecule is CCS(=O)(=O)c1ncc(Cl)c(C(=O)N(Cc2ccccc2Cl)[C@H]2CCS(=O)(=O)C2)n1. The van der Waals surface area contributed by atoms with Crippen LogP contribution in [0.5, 0.6) is 0 Å². The predicted octanol–water partition coefficient (Wildman–Crippen LogP) is 2.41. The summed E-state index contributed by atoms with van der Waals surface area (Å²) in [6, 6.07) is 6.26. The first kappa shape index (κ1) is 22.9. The van der Waals surface area contributed by atoms with Gasteiger partial charge in [0.25, 0.3) is 5.91 Å². The number of aromatic nitrogens is 2. The van der Waals surface area contributed by atoms with Gasteiger partial charge in [0.2, 0.25) is 15.0 Å². The highest BCUT2D eigenvalue weighted by Crippen LogP contribution is 2.26. The molecule has 1 aliphatic rings. The smallest absolute Gasteiger partial charge is 0.274 e. The number of halogens is 2. The molecule has 1 aliphatic heterocycles. The van der Waals surface area contributed by atoms with Crippen LogP contribution in [0.1, 0.15) is 29.4 Å². The van der Waals surface area contributed by atoms with Gasteiger partial charge in [0, 0.05) is 17.6 Å². The molecule has 2 aromatic rings. The molecule has 162 valence electrons. The molecule has 0 aliphatic carbocycles. The highest BCUT2D eigenvalue weighted by molar-refractivity contribution is 7.91. The van der Waals surface area contributed by atoms with E-state index in [1.807, 2.05) is 0 Å². The van der Waals surface area contributed by atoms with Crippen molar-refractivity contribution < 1.29 is 21.6 Å². The van der Waals surface area contributed by atoms with E-state index in [2.05, 4.69) is 9.97 Å². The Kier molecular flexibility index (Phi) is 6.71. The molecule has 2 heterocycles. The highest BCUT2D eigenvalue weighted by atomic mass is 35.5. The first-order valence-electron chi connectivity index (χ1n) is 9.04. The second-order valence-corrected chi connectivity index (χ2v) is 12.0. The van der Waals surface area contributed by atoms with Gasteiger partial charge in [-0.05, 0) is 18.1 Å². The van der Waals surface area contributed by atoms with Crippen LogP contribution in [0, 0.1) is 0 Å². The number of benzene rings is 1. The van der Waals surface area contributed by atoms with Crippen LogP contribution in [0.15, 0.2) is 35.6 Å². The van der Waals surface area contributed by atoms with Crippen molar-refractivity contribution in [1.29, 1.82) is 0 Å². The summed E-state index contributed by atoms with van der Waals surface area (Å²) in [5, 5.41) is -0.214. The van der Waals surface area contributed by atoms with Gasteiger partial charge in [-0.25, -0.2) is 26.8 Å². The molecule has 1 fully saturated rings. The van der Waals surface area contributed by atoms with E-state index in [-0.39, 0.29) is 40.9 Å². The molecular formula is C18H19Cl2N3O5S2. The fourth-order valence-corrected chi connectivity index (χ4v) is 5.91. The third kappa shape index (κ3) is 4.93. The van der Waals surface area contributed by atoms with Crippen LogP contribution < -0.4 is 0 Å². The van der Waals surface area contributed by atoms with Crippen LogP contribution in [0.3, 0.4) is 0 Å². The molecule has 1 atom stereocenters. The summed E-state index contributed by atoms with van der Waals surface area (Å²) in [6.45, 7) is 1.46. The molecule has 0 N–H and O–H groups in total. The topological polar surface area (TPSA) is 114 Å². The number of hydrogen-bond acceptors (Lipinski definition) is 7. The highest BCUT2D eigenvalue weighted by Gasteiger charge is 2.36. The molecule has 3 rings (SSSR count). The average Bonchev–Trinajstić information content (AvgIpc) is 3.06. The van der Waals surface area contributed by atoms with Gasteiger partial charge in [0.05, 0.1) is 28.5 Å². The van der Waals surface area contributed by atoms with Gasteiger partial charge in [-0.15, -0.1) is 0 Å². The first-order valence-corrected chi connectivity index (χ1v) is 13.3. The minimum absolute atomic E-state index is 0.0227. The molecule has 0 unspecified atom stereocenters. The second-order valence-electron chi connectivity index (χ2n) is 6.83. The summed E-state index contributed by atoms with van der Waals surface area (Å²) in [6.07, 6.45) is 1.31. The Hall–Kier alpha value is -1.75. The molecule has 0 saturated carbocycles. The maximum atomic E-state index is 13.4. The van der Waals surface area contributed by atoms with Crippen molar-refractivity contribution in [3.8, 4) is 0 Å². The van der Waals surface area contributed by atoms with Crippen LogP contribution >= 0.6 is 23.2 Å². The maximum Gasteiger partial charge on any atom is 0.274 e. The van der Waals surface area contributed by atoms with Crippen molar-refractivity contribution in [3.63, 3.8) is 0 Å². The molecule has 12 heteroatoms. The average molecular weight is 492 g/mol. The predicted molar refractivity (Wildman–Crippen MR) is 113 cm³/mol. The van der Waals surface area contributed by atoms with Gasteiger partial charge in [-0.2, -0.15) is 0 Å². The van der Waals surface area contributed by atoms with Crippen molar-refractivity contribution in [2.45, 2.75) is 31.1 Å². The standard InChI is InChI=1S/C18H19Cl2N3O5S2/c1-2-30(27,28)18-21-9-15(20)16(22-18)17(24)23(13-7-8-29(25,26)11-13)10-12-5-3-4-6-14(12)19/h3-6,9,13H,2,7-8,10-11H2,1H3/t13-/m0/s1. The molecule has 0 radical (unpaired) electrons. The van der Waals surface area contributed by atoms with Crippen LogP contribution in [-0.4, -0.2) is 60.9 Å². The fraction of sp³-hybridized carbons (Fsp3) is 0.389. The van der Waals surface area contributed by atoms with Gasteiger partial charge in [-0.1, -0.05) is 48.3 Å². The largest absolute Gasteiger partial charge is 0.329 e. The van der Waals surface area contributed by atoms with E-state index >= 15 is 0 Å². The normalized spacial score (nSPS) is 18.3. The lowest BCUT2D eigenvalue weighted by Crippen LogP contribution is -2.41. The Bertz CT molecular complexity index is 1190. The van der Waals surface area contributed by atoms with Crippen LogP contribution in [0.4, 0.5) is 0 Å². The van der Waals surface area contributed by atoms with Crippen molar-refractivity contribution in [1.82, 2.24) is 14.9 Å². The molecule has 0 bridgehead atoms. The number of rotatable bonds is 6. The summed E-state index contributed by atoms with van der Waals surface area (Å²) in [4.78, 5) is 22.3. The van der Waals surface area contributed by atoms with Crippen molar-refractivity contribution in [2.75, 3.05) is 17.3 Å². The number of amides is 1. The maximum absolute atomic E-state index is 13.4. The Morgan fingerprint density at radius 3 is 2.53 bits per heavy atom.